The highest BCUT2D eigenvalue weighted by molar-refractivity contribution is 8.00. The number of nitrogens with one attached hydrogen (secondary N) is 1. The third kappa shape index (κ3) is 3.10. The lowest BCUT2D eigenvalue weighted by molar-refractivity contribution is -0.113. The second-order valence-electron chi connectivity index (χ2n) is 6.89. The number of thiazole rings is 1. The highest BCUT2D eigenvalue weighted by Gasteiger charge is 2.31. The van der Waals surface area contributed by atoms with E-state index in [2.05, 4.69) is 5.32 Å². The number of nitrogens with zero attached hydrogens (tertiary/aromatic N) is 3. The van der Waals surface area contributed by atoms with E-state index in [9.17, 15) is 9.90 Å². The van der Waals surface area contributed by atoms with Gasteiger partial charge in [-0.15, -0.1) is 11.8 Å². The molecule has 9 heteroatoms. The van der Waals surface area contributed by atoms with Crippen molar-refractivity contribution in [2.75, 3.05) is 18.2 Å². The molecule has 2 N–H and O–H groups in total. The second-order valence-corrected chi connectivity index (χ2v) is 9.00. The number of thioether (sulfide) groups is 1. The van der Waals surface area contributed by atoms with Crippen LogP contribution in [0.1, 0.15) is 22.1 Å². The summed E-state index contributed by atoms with van der Waals surface area (Å²) in [4.78, 5) is 17.2. The van der Waals surface area contributed by atoms with Crippen molar-refractivity contribution in [3.8, 4) is 16.6 Å². The lowest BCUT2D eigenvalue weighted by atomic mass is 10.0. The molecule has 0 spiro atoms. The number of fused-ring (bicyclic) bond motifs is 2. The van der Waals surface area contributed by atoms with Crippen molar-refractivity contribution in [2.24, 2.45) is 0 Å². The largest absolute Gasteiger partial charge is 0.504 e. The Balaban J connectivity index is 1.67. The van der Waals surface area contributed by atoms with Gasteiger partial charge in [-0.1, -0.05) is 29.5 Å². The molecule has 1 amide bonds. The number of benzene rings is 2. The molecule has 1 atom stereocenters. The smallest absolute Gasteiger partial charge is 0.235 e. The second kappa shape index (κ2) is 7.33. The number of aromatic hydroxyl groups is 1. The molecular formula is C21H18N4O3S2. The van der Waals surface area contributed by atoms with Crippen LogP contribution in [-0.2, 0) is 4.79 Å². The molecule has 3 heterocycles. The Morgan fingerprint density at radius 2 is 2.10 bits per heavy atom. The number of phenolic OH excluding ortho intramolecular Hbond substituents is 1. The molecule has 0 radical (unpaired) electrons. The van der Waals surface area contributed by atoms with Crippen LogP contribution in [0.15, 0.2) is 42.5 Å². The van der Waals surface area contributed by atoms with Crippen molar-refractivity contribution < 1.29 is 14.6 Å². The van der Waals surface area contributed by atoms with Gasteiger partial charge in [-0.05, 0) is 36.8 Å². The average Bonchev–Trinajstić information content (AvgIpc) is 3.24. The summed E-state index contributed by atoms with van der Waals surface area (Å²) in [5, 5.41) is 18.5. The molecule has 1 aliphatic rings. The summed E-state index contributed by atoms with van der Waals surface area (Å²) in [6.45, 7) is 1.93. The first kappa shape index (κ1) is 19.0. The van der Waals surface area contributed by atoms with E-state index < -0.39 is 0 Å². The number of amides is 1. The number of hydrogen-bond acceptors (Lipinski definition) is 7. The zero-order chi connectivity index (χ0) is 20.8. The van der Waals surface area contributed by atoms with Gasteiger partial charge in [0, 0.05) is 5.56 Å². The summed E-state index contributed by atoms with van der Waals surface area (Å²) >= 11 is 3.03. The van der Waals surface area contributed by atoms with E-state index in [1.165, 1.54) is 30.2 Å². The number of phenols is 1. The number of aromatic nitrogens is 3. The Bertz CT molecular complexity index is 1250. The first-order valence-corrected chi connectivity index (χ1v) is 11.2. The van der Waals surface area contributed by atoms with E-state index in [1.807, 2.05) is 37.3 Å². The fourth-order valence-electron chi connectivity index (χ4n) is 3.61. The van der Waals surface area contributed by atoms with E-state index in [0.29, 0.717) is 22.5 Å². The Morgan fingerprint density at radius 3 is 2.87 bits per heavy atom. The number of carbonyl (C=O) groups is 1. The molecule has 0 saturated heterocycles. The van der Waals surface area contributed by atoms with Gasteiger partial charge in [0.25, 0.3) is 0 Å². The molecule has 2 aromatic heterocycles. The highest BCUT2D eigenvalue weighted by atomic mass is 32.2. The first-order valence-electron chi connectivity index (χ1n) is 9.29. The number of aryl methyl sites for hydroxylation is 1. The maximum Gasteiger partial charge on any atom is 0.235 e. The molecule has 7 nitrogen and oxygen atoms in total. The topological polar surface area (TPSA) is 89.3 Å². The average molecular weight is 439 g/mol. The van der Waals surface area contributed by atoms with Crippen LogP contribution in [0, 0.1) is 6.92 Å². The standard InChI is InChI=1S/C21H18N4O3S2/c1-11-18-19(12-7-8-15(28-2)14(26)9-12)29-10-17(27)23-20(18)25(24-11)21-22-13-5-3-4-6-16(13)30-21/h3-9,19,26H,10H2,1-2H3,(H,23,27)/t19-/m1/s1. The molecule has 0 bridgehead atoms. The van der Waals surface area contributed by atoms with E-state index in [-0.39, 0.29) is 16.9 Å². The summed E-state index contributed by atoms with van der Waals surface area (Å²) < 4.78 is 7.94. The third-order valence-electron chi connectivity index (χ3n) is 4.98. The number of anilines is 1. The zero-order valence-electron chi connectivity index (χ0n) is 16.2. The van der Waals surface area contributed by atoms with E-state index in [0.717, 1.165) is 27.0 Å². The fraction of sp³-hybridized carbons (Fsp3) is 0.190. The van der Waals surface area contributed by atoms with Crippen molar-refractivity contribution in [3.63, 3.8) is 0 Å². The summed E-state index contributed by atoms with van der Waals surface area (Å²) in [5.41, 5.74) is 3.49. The van der Waals surface area contributed by atoms with Crippen LogP contribution in [0.5, 0.6) is 11.5 Å². The van der Waals surface area contributed by atoms with Crippen molar-refractivity contribution >= 4 is 45.0 Å². The summed E-state index contributed by atoms with van der Waals surface area (Å²) in [6.07, 6.45) is 0. The quantitative estimate of drug-likeness (QED) is 0.496. The molecule has 1 aliphatic heterocycles. The summed E-state index contributed by atoms with van der Waals surface area (Å²) in [7, 11) is 1.52. The van der Waals surface area contributed by atoms with Crippen LogP contribution in [0.2, 0.25) is 0 Å². The molecule has 30 heavy (non-hydrogen) atoms. The fourth-order valence-corrected chi connectivity index (χ4v) is 5.71. The number of rotatable bonds is 3. The molecular weight excluding hydrogens is 420 g/mol. The van der Waals surface area contributed by atoms with Crippen LogP contribution >= 0.6 is 23.1 Å². The van der Waals surface area contributed by atoms with Crippen molar-refractivity contribution in [1.82, 2.24) is 14.8 Å². The molecule has 0 saturated carbocycles. The first-order chi connectivity index (χ1) is 14.5. The van der Waals surface area contributed by atoms with Crippen LogP contribution in [0.25, 0.3) is 15.3 Å². The normalized spacial score (nSPS) is 16.2. The molecule has 152 valence electrons. The van der Waals surface area contributed by atoms with E-state index >= 15 is 0 Å². The number of methoxy groups -OCH3 is 1. The lowest BCUT2D eigenvalue weighted by Crippen LogP contribution is -2.15. The number of hydrogen-bond donors (Lipinski definition) is 2. The van der Waals surface area contributed by atoms with Gasteiger partial charge in [0.15, 0.2) is 11.5 Å². The van der Waals surface area contributed by atoms with E-state index in [4.69, 9.17) is 14.8 Å². The monoisotopic (exact) mass is 438 g/mol. The van der Waals surface area contributed by atoms with Gasteiger partial charge < -0.3 is 15.2 Å². The predicted octanol–water partition coefficient (Wildman–Crippen LogP) is 4.28. The van der Waals surface area contributed by atoms with Gasteiger partial charge in [0.2, 0.25) is 11.0 Å². The summed E-state index contributed by atoms with van der Waals surface area (Å²) in [5.74, 6) is 1.31. The Labute approximate surface area is 180 Å². The summed E-state index contributed by atoms with van der Waals surface area (Å²) in [6, 6.07) is 13.2. The minimum absolute atomic E-state index is 0.0666. The van der Waals surface area contributed by atoms with Crippen molar-refractivity contribution in [1.29, 1.82) is 0 Å². The Morgan fingerprint density at radius 1 is 1.27 bits per heavy atom. The Hall–Kier alpha value is -3.04. The number of carbonyl (C=O) groups excluding carboxylic acids is 1. The Kier molecular flexibility index (Phi) is 4.63. The third-order valence-corrected chi connectivity index (χ3v) is 7.26. The van der Waals surface area contributed by atoms with Crippen LogP contribution in [0.4, 0.5) is 5.82 Å². The van der Waals surface area contributed by atoms with Gasteiger partial charge in [-0.2, -0.15) is 9.78 Å². The predicted molar refractivity (Wildman–Crippen MR) is 119 cm³/mol. The van der Waals surface area contributed by atoms with Gasteiger partial charge in [-0.25, -0.2) is 4.98 Å². The maximum atomic E-state index is 12.5. The van der Waals surface area contributed by atoms with Gasteiger partial charge in [-0.3, -0.25) is 4.79 Å². The maximum absolute atomic E-state index is 12.5. The minimum atomic E-state index is -0.168. The number of ether oxygens (including phenoxy) is 1. The molecule has 0 unspecified atom stereocenters. The number of para-hydroxylation sites is 1. The highest BCUT2D eigenvalue weighted by Crippen LogP contribution is 2.45. The van der Waals surface area contributed by atoms with Crippen LogP contribution < -0.4 is 10.1 Å². The minimum Gasteiger partial charge on any atom is -0.504 e. The van der Waals surface area contributed by atoms with Crippen LogP contribution in [0.3, 0.4) is 0 Å². The van der Waals surface area contributed by atoms with Crippen molar-refractivity contribution in [2.45, 2.75) is 12.2 Å². The van der Waals surface area contributed by atoms with Crippen molar-refractivity contribution in [3.05, 3.63) is 59.3 Å². The SMILES string of the molecule is COc1ccc([C@H]2SCC(=O)Nc3c2c(C)nn3-c2nc3ccccc3s2)cc1O. The lowest BCUT2D eigenvalue weighted by Gasteiger charge is -2.16. The van der Waals surface area contributed by atoms with Gasteiger partial charge in [0.05, 0.1) is 34.0 Å². The van der Waals surface area contributed by atoms with Crippen LogP contribution in [-0.4, -0.2) is 38.6 Å². The van der Waals surface area contributed by atoms with Gasteiger partial charge >= 0.3 is 0 Å². The zero-order valence-corrected chi connectivity index (χ0v) is 17.9. The van der Waals surface area contributed by atoms with E-state index in [1.54, 1.807) is 16.8 Å². The molecule has 0 aliphatic carbocycles. The van der Waals surface area contributed by atoms with Gasteiger partial charge in [0.1, 0.15) is 5.82 Å². The molecule has 4 aromatic rings. The molecule has 2 aromatic carbocycles. The molecule has 0 fully saturated rings. The molecule has 5 rings (SSSR count).